The molecule has 0 atom stereocenters. The van der Waals surface area contributed by atoms with Crippen molar-refractivity contribution in [1.82, 2.24) is 5.01 Å². The van der Waals surface area contributed by atoms with Crippen LogP contribution in [0.25, 0.3) is 0 Å². The van der Waals surface area contributed by atoms with Crippen molar-refractivity contribution >= 4 is 23.2 Å². The van der Waals surface area contributed by atoms with Gasteiger partial charge in [0.05, 0.1) is 5.71 Å². The third kappa shape index (κ3) is 3.37. The van der Waals surface area contributed by atoms with Gasteiger partial charge in [-0.25, -0.2) is 5.01 Å². The van der Waals surface area contributed by atoms with Crippen molar-refractivity contribution in [1.29, 1.82) is 0 Å². The van der Waals surface area contributed by atoms with Gasteiger partial charge in [-0.1, -0.05) is 29.7 Å². The van der Waals surface area contributed by atoms with Crippen LogP contribution in [0.3, 0.4) is 0 Å². The first-order valence-corrected chi connectivity index (χ1v) is 6.16. The summed E-state index contributed by atoms with van der Waals surface area (Å²) in [5, 5.41) is 6.35. The monoisotopic (exact) mass is 270 g/mol. The summed E-state index contributed by atoms with van der Waals surface area (Å²) in [5.41, 5.74) is 1.82. The van der Waals surface area contributed by atoms with Crippen LogP contribution in [-0.4, -0.2) is 23.2 Å². The Morgan fingerprint density at radius 1 is 1.32 bits per heavy atom. The molecule has 4 heteroatoms. The van der Waals surface area contributed by atoms with Crippen LogP contribution in [0.2, 0.25) is 5.02 Å². The van der Waals surface area contributed by atoms with Crippen LogP contribution in [-0.2, 0) is 4.79 Å². The van der Waals surface area contributed by atoms with Gasteiger partial charge in [0.25, 0.3) is 0 Å². The van der Waals surface area contributed by atoms with Gasteiger partial charge in [0.2, 0.25) is 5.91 Å². The maximum atomic E-state index is 11.7. The molecule has 0 radical (unpaired) electrons. The molecule has 3 nitrogen and oxygen atoms in total. The topological polar surface area (TPSA) is 32.7 Å². The molecular weight excluding hydrogens is 260 g/mol. The first kappa shape index (κ1) is 13.2. The van der Waals surface area contributed by atoms with Gasteiger partial charge in [0.1, 0.15) is 6.54 Å². The van der Waals surface area contributed by atoms with Crippen LogP contribution in [0.1, 0.15) is 18.4 Å². The highest BCUT2D eigenvalue weighted by atomic mass is 35.5. The summed E-state index contributed by atoms with van der Waals surface area (Å²) in [6, 6.07) is 7.39. The number of benzene rings is 1. The highest BCUT2D eigenvalue weighted by Crippen LogP contribution is 2.17. The van der Waals surface area contributed by atoms with Crippen LogP contribution in [0, 0.1) is 24.2 Å². The number of amides is 1. The molecule has 0 saturated carbocycles. The third-order valence-corrected chi connectivity index (χ3v) is 2.92. The van der Waals surface area contributed by atoms with E-state index in [1.165, 1.54) is 5.01 Å². The van der Waals surface area contributed by atoms with E-state index < -0.39 is 0 Å². The van der Waals surface area contributed by atoms with E-state index in [4.69, 9.17) is 18.0 Å². The Morgan fingerprint density at radius 2 is 2.05 bits per heavy atom. The minimum Gasteiger partial charge on any atom is -0.273 e. The van der Waals surface area contributed by atoms with Crippen molar-refractivity contribution in [3.63, 3.8) is 0 Å². The summed E-state index contributed by atoms with van der Waals surface area (Å²) in [5.74, 6) is 7.35. The van der Waals surface area contributed by atoms with E-state index in [1.807, 2.05) is 12.1 Å². The molecule has 2 rings (SSSR count). The number of rotatable bonds is 2. The van der Waals surface area contributed by atoms with Gasteiger partial charge in [0, 0.05) is 17.9 Å². The van der Waals surface area contributed by atoms with E-state index >= 15 is 0 Å². The van der Waals surface area contributed by atoms with Gasteiger partial charge in [0.15, 0.2) is 0 Å². The van der Waals surface area contributed by atoms with Crippen LogP contribution in [0.5, 0.6) is 0 Å². The molecule has 1 aromatic rings. The zero-order chi connectivity index (χ0) is 13.7. The highest BCUT2D eigenvalue weighted by molar-refractivity contribution is 6.30. The van der Waals surface area contributed by atoms with Gasteiger partial charge in [-0.3, -0.25) is 4.79 Å². The second-order valence-electron chi connectivity index (χ2n) is 3.95. The Bertz CT molecular complexity index is 614. The molecule has 0 aliphatic carbocycles. The summed E-state index contributed by atoms with van der Waals surface area (Å²) in [6.07, 6.45) is 6.09. The molecule has 0 saturated heterocycles. The fourth-order valence-electron chi connectivity index (χ4n) is 1.74. The Labute approximate surface area is 117 Å². The average Bonchev–Trinajstić information content (AvgIpc) is 2.42. The van der Waals surface area contributed by atoms with Crippen molar-refractivity contribution in [2.45, 2.75) is 12.8 Å². The number of carbonyl (C=O) groups is 1. The third-order valence-electron chi connectivity index (χ3n) is 2.67. The number of hydrazone groups is 1. The minimum atomic E-state index is -0.0379. The standard InChI is InChI=1S/C15H11ClN2O/c1-2-3-4-11-18-15(19)10-9-14(17-18)12-5-7-13(16)8-6-12/h1,5-8H,9-11H2. The summed E-state index contributed by atoms with van der Waals surface area (Å²) in [7, 11) is 0. The Balaban J connectivity index is 2.21. The number of terminal acetylenes is 1. The predicted octanol–water partition coefficient (Wildman–Crippen LogP) is 2.30. The molecule has 1 aromatic carbocycles. The lowest BCUT2D eigenvalue weighted by atomic mass is 10.0. The molecule has 0 spiro atoms. The van der Waals surface area contributed by atoms with Gasteiger partial charge in [-0.05, 0) is 29.5 Å². The molecule has 0 aromatic heterocycles. The number of carbonyl (C=O) groups excluding carboxylic acids is 1. The molecule has 1 aliphatic rings. The minimum absolute atomic E-state index is 0.0379. The Morgan fingerprint density at radius 3 is 2.74 bits per heavy atom. The van der Waals surface area contributed by atoms with E-state index in [-0.39, 0.29) is 12.5 Å². The van der Waals surface area contributed by atoms with E-state index in [0.717, 1.165) is 11.3 Å². The zero-order valence-corrected chi connectivity index (χ0v) is 10.9. The van der Waals surface area contributed by atoms with E-state index in [2.05, 4.69) is 22.9 Å². The van der Waals surface area contributed by atoms with E-state index in [9.17, 15) is 4.79 Å². The smallest absolute Gasteiger partial charge is 0.243 e. The predicted molar refractivity (Wildman–Crippen MR) is 75.5 cm³/mol. The van der Waals surface area contributed by atoms with Crippen molar-refractivity contribution in [2.24, 2.45) is 5.10 Å². The molecule has 0 fully saturated rings. The maximum Gasteiger partial charge on any atom is 0.243 e. The van der Waals surface area contributed by atoms with E-state index in [1.54, 1.807) is 12.1 Å². The summed E-state index contributed by atoms with van der Waals surface area (Å²) < 4.78 is 0. The fourth-order valence-corrected chi connectivity index (χ4v) is 1.87. The molecule has 1 aliphatic heterocycles. The first-order chi connectivity index (χ1) is 9.20. The quantitative estimate of drug-likeness (QED) is 0.759. The largest absolute Gasteiger partial charge is 0.273 e. The first-order valence-electron chi connectivity index (χ1n) is 5.78. The SMILES string of the molecule is C#CC#CCN1N=C(c2ccc(Cl)cc2)CCC1=O. The molecule has 0 N–H and O–H groups in total. The summed E-state index contributed by atoms with van der Waals surface area (Å²) in [6.45, 7) is 0.222. The van der Waals surface area contributed by atoms with Crippen LogP contribution < -0.4 is 0 Å². The Kier molecular flexibility index (Phi) is 4.23. The van der Waals surface area contributed by atoms with Gasteiger partial charge in [-0.2, -0.15) is 5.10 Å². The second kappa shape index (κ2) is 6.09. The Hall–Kier alpha value is -2.23. The number of nitrogens with zero attached hydrogens (tertiary/aromatic N) is 2. The summed E-state index contributed by atoms with van der Waals surface area (Å²) >= 11 is 5.85. The van der Waals surface area contributed by atoms with Gasteiger partial charge >= 0.3 is 0 Å². The van der Waals surface area contributed by atoms with Crippen molar-refractivity contribution < 1.29 is 4.79 Å². The number of hydrogen-bond donors (Lipinski definition) is 0. The van der Waals surface area contributed by atoms with Gasteiger partial charge < -0.3 is 0 Å². The van der Waals surface area contributed by atoms with Crippen molar-refractivity contribution in [3.8, 4) is 24.2 Å². The normalized spacial score (nSPS) is 14.2. The lowest BCUT2D eigenvalue weighted by molar-refractivity contribution is -0.131. The fraction of sp³-hybridized carbons (Fsp3) is 0.200. The lowest BCUT2D eigenvalue weighted by Crippen LogP contribution is -2.32. The van der Waals surface area contributed by atoms with E-state index in [0.29, 0.717) is 17.9 Å². The van der Waals surface area contributed by atoms with Gasteiger partial charge in [-0.15, -0.1) is 6.42 Å². The zero-order valence-electron chi connectivity index (χ0n) is 10.2. The van der Waals surface area contributed by atoms with Crippen LogP contribution >= 0.6 is 11.6 Å². The molecule has 19 heavy (non-hydrogen) atoms. The van der Waals surface area contributed by atoms with Crippen LogP contribution in [0.15, 0.2) is 29.4 Å². The number of halogens is 1. The molecule has 0 bridgehead atoms. The molecule has 0 unspecified atom stereocenters. The highest BCUT2D eigenvalue weighted by Gasteiger charge is 2.20. The molecule has 1 heterocycles. The molecular formula is C15H11ClN2O. The summed E-state index contributed by atoms with van der Waals surface area (Å²) in [4.78, 5) is 11.7. The molecule has 1 amide bonds. The maximum absolute atomic E-state index is 11.7. The average molecular weight is 271 g/mol. The number of hydrogen-bond acceptors (Lipinski definition) is 2. The van der Waals surface area contributed by atoms with Crippen molar-refractivity contribution in [2.75, 3.05) is 6.54 Å². The van der Waals surface area contributed by atoms with Crippen LogP contribution in [0.4, 0.5) is 0 Å². The lowest BCUT2D eigenvalue weighted by Gasteiger charge is -2.21. The second-order valence-corrected chi connectivity index (χ2v) is 4.39. The molecule has 94 valence electrons. The van der Waals surface area contributed by atoms with Crippen molar-refractivity contribution in [3.05, 3.63) is 34.9 Å².